The Kier molecular flexibility index (Phi) is 3.48. The van der Waals surface area contributed by atoms with Crippen molar-refractivity contribution in [3.63, 3.8) is 0 Å². The van der Waals surface area contributed by atoms with E-state index in [4.69, 9.17) is 0 Å². The number of phenolic OH excluding ortho intramolecular Hbond substituents is 1. The number of methoxy groups -OCH3 is 1. The molecule has 0 heterocycles. The van der Waals surface area contributed by atoms with Crippen molar-refractivity contribution >= 4 is 16.7 Å². The van der Waals surface area contributed by atoms with Crippen LogP contribution in [0.2, 0.25) is 0 Å². The van der Waals surface area contributed by atoms with E-state index in [0.29, 0.717) is 0 Å². The van der Waals surface area contributed by atoms with Gasteiger partial charge < -0.3 is 14.9 Å². The summed E-state index contributed by atoms with van der Waals surface area (Å²) in [4.78, 5) is 11.1. The largest absolute Gasteiger partial charge is 0.508 e. The Bertz CT molecular complexity index is 577. The van der Waals surface area contributed by atoms with E-state index in [0.717, 1.165) is 16.3 Å². The van der Waals surface area contributed by atoms with Gasteiger partial charge in [-0.1, -0.05) is 24.3 Å². The molecule has 0 aliphatic carbocycles. The van der Waals surface area contributed by atoms with Crippen molar-refractivity contribution < 1.29 is 19.7 Å². The van der Waals surface area contributed by atoms with Gasteiger partial charge in [-0.2, -0.15) is 0 Å². The molecule has 0 saturated heterocycles. The summed E-state index contributed by atoms with van der Waals surface area (Å²) in [6, 6.07) is 10.6. The van der Waals surface area contributed by atoms with Crippen molar-refractivity contribution in [2.45, 2.75) is 12.5 Å². The molecule has 0 bridgehead atoms. The first-order valence-electron chi connectivity index (χ1n) is 5.57. The number of carbonyl (C=O) groups is 1. The smallest absolute Gasteiger partial charge is 0.335 e. The molecule has 2 aromatic carbocycles. The van der Waals surface area contributed by atoms with E-state index in [-0.39, 0.29) is 12.2 Å². The maximum atomic E-state index is 11.1. The summed E-state index contributed by atoms with van der Waals surface area (Å²) >= 11 is 0. The van der Waals surface area contributed by atoms with Crippen LogP contribution < -0.4 is 0 Å². The average molecular weight is 246 g/mol. The van der Waals surface area contributed by atoms with Gasteiger partial charge in [0.25, 0.3) is 0 Å². The number of carbonyl (C=O) groups excluding carboxylic acids is 1. The minimum atomic E-state index is -1.15. The van der Waals surface area contributed by atoms with Crippen LogP contribution in [0.1, 0.15) is 5.56 Å². The first-order chi connectivity index (χ1) is 8.60. The van der Waals surface area contributed by atoms with Crippen molar-refractivity contribution in [1.82, 2.24) is 0 Å². The van der Waals surface area contributed by atoms with Gasteiger partial charge in [-0.3, -0.25) is 0 Å². The number of fused-ring (bicyclic) bond motifs is 1. The minimum absolute atomic E-state index is 0.212. The predicted molar refractivity (Wildman–Crippen MR) is 67.3 cm³/mol. The molecule has 4 heteroatoms. The number of esters is 1. The fourth-order valence-electron chi connectivity index (χ4n) is 1.85. The van der Waals surface area contributed by atoms with Gasteiger partial charge in [-0.05, 0) is 28.5 Å². The van der Waals surface area contributed by atoms with Gasteiger partial charge in [0, 0.05) is 6.42 Å². The van der Waals surface area contributed by atoms with Gasteiger partial charge in [0.15, 0.2) is 6.10 Å². The number of hydrogen-bond donors (Lipinski definition) is 2. The lowest BCUT2D eigenvalue weighted by Crippen LogP contribution is -2.24. The maximum absolute atomic E-state index is 11.1. The summed E-state index contributed by atoms with van der Waals surface area (Å²) in [5.41, 5.74) is 0.839. The quantitative estimate of drug-likeness (QED) is 0.808. The first-order valence-corrected chi connectivity index (χ1v) is 5.57. The molecular weight excluding hydrogens is 232 g/mol. The van der Waals surface area contributed by atoms with Crippen LogP contribution in [0.4, 0.5) is 0 Å². The van der Waals surface area contributed by atoms with Crippen LogP contribution in [0, 0.1) is 0 Å². The van der Waals surface area contributed by atoms with Gasteiger partial charge in [0.2, 0.25) is 0 Å². The van der Waals surface area contributed by atoms with Crippen LogP contribution in [-0.2, 0) is 16.0 Å². The second kappa shape index (κ2) is 5.06. The standard InChI is InChI=1S/C14H14O4/c1-18-14(17)13(16)7-9-2-3-11-8-12(15)5-4-10(11)6-9/h2-6,8,13,15-16H,7H2,1H3. The highest BCUT2D eigenvalue weighted by Crippen LogP contribution is 2.21. The Morgan fingerprint density at radius 1 is 1.22 bits per heavy atom. The summed E-state index contributed by atoms with van der Waals surface area (Å²) in [7, 11) is 1.24. The number of aromatic hydroxyl groups is 1. The molecule has 0 radical (unpaired) electrons. The van der Waals surface area contributed by atoms with Crippen molar-refractivity contribution in [3.05, 3.63) is 42.0 Å². The monoisotopic (exact) mass is 246 g/mol. The Balaban J connectivity index is 2.25. The van der Waals surface area contributed by atoms with Gasteiger partial charge in [0.05, 0.1) is 7.11 Å². The molecule has 0 aromatic heterocycles. The molecule has 18 heavy (non-hydrogen) atoms. The molecule has 0 saturated carbocycles. The third-order valence-electron chi connectivity index (χ3n) is 2.79. The molecule has 0 aliphatic rings. The lowest BCUT2D eigenvalue weighted by atomic mass is 10.0. The molecule has 2 N–H and O–H groups in total. The zero-order chi connectivity index (χ0) is 13.1. The molecule has 2 rings (SSSR count). The summed E-state index contributed by atoms with van der Waals surface area (Å²) in [5, 5.41) is 20.8. The molecule has 4 nitrogen and oxygen atoms in total. The van der Waals surface area contributed by atoms with Crippen LogP contribution in [-0.4, -0.2) is 29.4 Å². The Morgan fingerprint density at radius 3 is 2.61 bits per heavy atom. The number of aliphatic hydroxyl groups is 1. The Labute approximate surface area is 104 Å². The number of hydrogen-bond acceptors (Lipinski definition) is 4. The third-order valence-corrected chi connectivity index (χ3v) is 2.79. The SMILES string of the molecule is COC(=O)C(O)Cc1ccc2cc(O)ccc2c1. The second-order valence-electron chi connectivity index (χ2n) is 4.11. The van der Waals surface area contributed by atoms with Gasteiger partial charge in [-0.15, -0.1) is 0 Å². The highest BCUT2D eigenvalue weighted by Gasteiger charge is 2.15. The van der Waals surface area contributed by atoms with Crippen LogP contribution in [0.25, 0.3) is 10.8 Å². The van der Waals surface area contributed by atoms with Gasteiger partial charge >= 0.3 is 5.97 Å². The molecule has 0 fully saturated rings. The molecule has 0 aliphatic heterocycles. The molecule has 94 valence electrons. The van der Waals surface area contributed by atoms with Crippen LogP contribution in [0.5, 0.6) is 5.75 Å². The Hall–Kier alpha value is -2.07. The molecule has 0 amide bonds. The van der Waals surface area contributed by atoms with E-state index in [9.17, 15) is 15.0 Å². The first kappa shape index (κ1) is 12.4. The summed E-state index contributed by atoms with van der Waals surface area (Å²) in [5.74, 6) is -0.425. The van der Waals surface area contributed by atoms with E-state index in [1.54, 1.807) is 18.2 Å². The highest BCUT2D eigenvalue weighted by atomic mass is 16.5. The fraction of sp³-hybridized carbons (Fsp3) is 0.214. The molecule has 2 aromatic rings. The predicted octanol–water partition coefficient (Wildman–Crippen LogP) is 1.62. The number of ether oxygens (including phenoxy) is 1. The van der Waals surface area contributed by atoms with Crippen LogP contribution in [0.3, 0.4) is 0 Å². The normalized spacial score (nSPS) is 12.3. The average Bonchev–Trinajstić information content (AvgIpc) is 2.38. The maximum Gasteiger partial charge on any atom is 0.335 e. The van der Waals surface area contributed by atoms with E-state index in [1.165, 1.54) is 7.11 Å². The minimum Gasteiger partial charge on any atom is -0.508 e. The molecular formula is C14H14O4. The van der Waals surface area contributed by atoms with E-state index < -0.39 is 12.1 Å². The van der Waals surface area contributed by atoms with Crippen molar-refractivity contribution in [1.29, 1.82) is 0 Å². The molecule has 1 unspecified atom stereocenters. The van der Waals surface area contributed by atoms with Crippen molar-refractivity contribution in [2.75, 3.05) is 7.11 Å². The molecule has 0 spiro atoms. The van der Waals surface area contributed by atoms with E-state index in [2.05, 4.69) is 4.74 Å². The zero-order valence-electron chi connectivity index (χ0n) is 9.96. The van der Waals surface area contributed by atoms with E-state index in [1.807, 2.05) is 18.2 Å². The topological polar surface area (TPSA) is 66.8 Å². The number of aliphatic hydroxyl groups excluding tert-OH is 1. The lowest BCUT2D eigenvalue weighted by Gasteiger charge is -2.09. The number of phenols is 1. The second-order valence-corrected chi connectivity index (χ2v) is 4.11. The van der Waals surface area contributed by atoms with Crippen molar-refractivity contribution in [3.8, 4) is 5.75 Å². The van der Waals surface area contributed by atoms with Crippen molar-refractivity contribution in [2.24, 2.45) is 0 Å². The zero-order valence-corrected chi connectivity index (χ0v) is 9.96. The highest BCUT2D eigenvalue weighted by molar-refractivity contribution is 5.84. The van der Waals surface area contributed by atoms with Gasteiger partial charge in [-0.25, -0.2) is 4.79 Å². The number of benzene rings is 2. The summed E-state index contributed by atoms with van der Waals surface area (Å²) in [6.07, 6.45) is -0.937. The van der Waals surface area contributed by atoms with Gasteiger partial charge in [0.1, 0.15) is 5.75 Å². The van der Waals surface area contributed by atoms with E-state index >= 15 is 0 Å². The molecule has 1 atom stereocenters. The van der Waals surface area contributed by atoms with Crippen LogP contribution in [0.15, 0.2) is 36.4 Å². The fourth-order valence-corrected chi connectivity index (χ4v) is 1.85. The lowest BCUT2D eigenvalue weighted by molar-refractivity contribution is -0.150. The third kappa shape index (κ3) is 2.60. The summed E-state index contributed by atoms with van der Waals surface area (Å²) in [6.45, 7) is 0. The Morgan fingerprint density at radius 2 is 1.89 bits per heavy atom. The summed E-state index contributed by atoms with van der Waals surface area (Å²) < 4.78 is 4.47. The number of rotatable bonds is 3. The van der Waals surface area contributed by atoms with Crippen LogP contribution >= 0.6 is 0 Å².